The lowest BCUT2D eigenvalue weighted by Crippen LogP contribution is -2.59. The van der Waals surface area contributed by atoms with Gasteiger partial charge in [-0.25, -0.2) is 4.79 Å². The maximum Gasteiger partial charge on any atom is 0.326 e. The monoisotopic (exact) mass is 556 g/mol. The van der Waals surface area contributed by atoms with Crippen LogP contribution < -0.4 is 21.7 Å². The summed E-state index contributed by atoms with van der Waals surface area (Å²) in [7, 11) is 0. The van der Waals surface area contributed by atoms with Crippen molar-refractivity contribution in [2.75, 3.05) is 0 Å². The number of carboxylic acids is 1. The Bertz CT molecular complexity index is 1150. The fourth-order valence-electron chi connectivity index (χ4n) is 3.93. The number of carbonyl (C=O) groups excluding carboxylic acids is 3. The Labute approximate surface area is 234 Å². The van der Waals surface area contributed by atoms with Gasteiger partial charge in [0.15, 0.2) is 0 Å². The van der Waals surface area contributed by atoms with Crippen LogP contribution >= 0.6 is 0 Å². The number of aromatic hydroxyl groups is 2. The Hall–Kier alpha value is -4.12. The molecule has 0 bridgehead atoms. The van der Waals surface area contributed by atoms with E-state index in [4.69, 9.17) is 5.73 Å². The summed E-state index contributed by atoms with van der Waals surface area (Å²) in [6.07, 6.45) is 0.542. The van der Waals surface area contributed by atoms with Crippen LogP contribution in [-0.4, -0.2) is 63.2 Å². The van der Waals surface area contributed by atoms with Gasteiger partial charge in [-0.15, -0.1) is 0 Å². The highest BCUT2D eigenvalue weighted by molar-refractivity contribution is 5.94. The van der Waals surface area contributed by atoms with Crippen molar-refractivity contribution in [3.8, 4) is 11.5 Å². The number of aliphatic carboxylic acids is 1. The molecule has 0 aliphatic rings. The number of carboxylic acid groups (broad SMARTS) is 1. The van der Waals surface area contributed by atoms with Gasteiger partial charge in [0.2, 0.25) is 17.7 Å². The fraction of sp³-hybridized carbons (Fsp3) is 0.448. The van der Waals surface area contributed by atoms with Crippen molar-refractivity contribution >= 4 is 23.7 Å². The Morgan fingerprint density at radius 1 is 0.725 bits per heavy atom. The van der Waals surface area contributed by atoms with E-state index in [0.717, 1.165) is 0 Å². The third kappa shape index (κ3) is 9.57. The Balaban J connectivity index is 2.36. The third-order valence-corrected chi connectivity index (χ3v) is 6.82. The second kappa shape index (κ2) is 14.9. The van der Waals surface area contributed by atoms with Gasteiger partial charge in [0.25, 0.3) is 0 Å². The molecule has 40 heavy (non-hydrogen) atoms. The van der Waals surface area contributed by atoms with Crippen LogP contribution in [-0.2, 0) is 32.0 Å². The largest absolute Gasteiger partial charge is 0.508 e. The Morgan fingerprint density at radius 3 is 1.50 bits per heavy atom. The number of hydrogen-bond donors (Lipinski definition) is 7. The minimum atomic E-state index is -1.20. The Morgan fingerprint density at radius 2 is 1.12 bits per heavy atom. The minimum Gasteiger partial charge on any atom is -0.508 e. The van der Waals surface area contributed by atoms with Crippen molar-refractivity contribution in [1.82, 2.24) is 16.0 Å². The number of carbonyl (C=O) groups is 4. The molecule has 11 heteroatoms. The summed E-state index contributed by atoms with van der Waals surface area (Å²) in [5.74, 6) is -3.63. The molecule has 0 aromatic heterocycles. The second-order valence-electron chi connectivity index (χ2n) is 10.3. The Kier molecular flexibility index (Phi) is 11.9. The smallest absolute Gasteiger partial charge is 0.326 e. The van der Waals surface area contributed by atoms with Gasteiger partial charge in [-0.2, -0.15) is 0 Å². The molecule has 0 fully saturated rings. The molecule has 0 aliphatic heterocycles. The van der Waals surface area contributed by atoms with Crippen LogP contribution in [0.25, 0.3) is 0 Å². The molecule has 0 spiro atoms. The summed E-state index contributed by atoms with van der Waals surface area (Å²) in [5.41, 5.74) is 7.24. The fourth-order valence-corrected chi connectivity index (χ4v) is 3.93. The van der Waals surface area contributed by atoms with E-state index in [2.05, 4.69) is 16.0 Å². The maximum absolute atomic E-state index is 13.6. The maximum atomic E-state index is 13.6. The van der Waals surface area contributed by atoms with Gasteiger partial charge < -0.3 is 37.0 Å². The molecule has 0 saturated heterocycles. The van der Waals surface area contributed by atoms with Crippen molar-refractivity contribution in [2.24, 2.45) is 17.6 Å². The molecule has 2 aromatic rings. The number of phenols is 2. The number of phenolic OH excluding ortho intramolecular Hbond substituents is 2. The lowest BCUT2D eigenvalue weighted by molar-refractivity contribution is -0.143. The predicted molar refractivity (Wildman–Crippen MR) is 149 cm³/mol. The van der Waals surface area contributed by atoms with Gasteiger partial charge in [-0.05, 0) is 47.2 Å². The molecule has 2 rings (SSSR count). The van der Waals surface area contributed by atoms with Crippen molar-refractivity contribution in [1.29, 1.82) is 0 Å². The lowest BCUT2D eigenvalue weighted by atomic mass is 9.97. The zero-order valence-electron chi connectivity index (χ0n) is 23.3. The molecular weight excluding hydrogens is 516 g/mol. The summed E-state index contributed by atoms with van der Waals surface area (Å²) >= 11 is 0. The first-order valence-electron chi connectivity index (χ1n) is 13.3. The molecule has 8 N–H and O–H groups in total. The number of rotatable bonds is 14. The first-order chi connectivity index (χ1) is 18.8. The van der Waals surface area contributed by atoms with Crippen LogP contribution in [0.4, 0.5) is 0 Å². The zero-order valence-corrected chi connectivity index (χ0v) is 23.3. The van der Waals surface area contributed by atoms with Crippen molar-refractivity contribution < 1.29 is 34.5 Å². The highest BCUT2D eigenvalue weighted by Crippen LogP contribution is 2.15. The standard InChI is InChI=1S/C29H40N4O7/c1-5-17(4)25(29(39)40)33-27(37)23(15-19-8-12-21(35)13-9-19)31-26(36)22(32-28(38)24(30)16(2)3)14-18-6-10-20(34)11-7-18/h6-13,16-17,22-25,34-35H,5,14-15,30H2,1-4H3,(H,31,36)(H,32,38)(H,33,37)(H,39,40). The minimum absolute atomic E-state index is 0.00389. The number of nitrogens with two attached hydrogens (primary N) is 1. The van der Waals surface area contributed by atoms with E-state index in [-0.39, 0.29) is 36.2 Å². The summed E-state index contributed by atoms with van der Waals surface area (Å²) in [6.45, 7) is 7.05. The second-order valence-corrected chi connectivity index (χ2v) is 10.3. The van der Waals surface area contributed by atoms with Gasteiger partial charge in [0.05, 0.1) is 6.04 Å². The first kappa shape index (κ1) is 32.1. The van der Waals surface area contributed by atoms with E-state index >= 15 is 0 Å². The molecule has 5 atom stereocenters. The molecule has 0 heterocycles. The summed E-state index contributed by atoms with van der Waals surface area (Å²) in [5, 5.41) is 36.8. The normalized spacial score (nSPS) is 14.8. The zero-order chi connectivity index (χ0) is 30.0. The van der Waals surface area contributed by atoms with Crippen LogP contribution in [0.1, 0.15) is 45.2 Å². The number of amides is 3. The number of hydrogen-bond acceptors (Lipinski definition) is 7. The van der Waals surface area contributed by atoms with Gasteiger partial charge in [0, 0.05) is 12.8 Å². The molecule has 218 valence electrons. The molecule has 11 nitrogen and oxygen atoms in total. The van der Waals surface area contributed by atoms with Gasteiger partial charge in [-0.1, -0.05) is 58.4 Å². The third-order valence-electron chi connectivity index (χ3n) is 6.82. The summed E-state index contributed by atoms with van der Waals surface area (Å²) in [4.78, 5) is 51.5. The number of benzene rings is 2. The highest BCUT2D eigenvalue weighted by atomic mass is 16.4. The van der Waals surface area contributed by atoms with E-state index in [1.165, 1.54) is 24.3 Å². The van der Waals surface area contributed by atoms with E-state index in [9.17, 15) is 34.5 Å². The molecular formula is C29H40N4O7. The molecule has 0 aliphatic carbocycles. The molecule has 2 aromatic carbocycles. The average Bonchev–Trinajstić information content (AvgIpc) is 2.91. The van der Waals surface area contributed by atoms with Crippen LogP contribution in [0.2, 0.25) is 0 Å². The topological polar surface area (TPSA) is 191 Å². The van der Waals surface area contributed by atoms with Crippen LogP contribution in [0, 0.1) is 11.8 Å². The van der Waals surface area contributed by atoms with Gasteiger partial charge >= 0.3 is 5.97 Å². The van der Waals surface area contributed by atoms with Crippen LogP contribution in [0.3, 0.4) is 0 Å². The van der Waals surface area contributed by atoms with Crippen molar-refractivity contribution in [2.45, 2.75) is 71.1 Å². The summed E-state index contributed by atoms with van der Waals surface area (Å²) < 4.78 is 0. The molecule has 3 amide bonds. The first-order valence-corrected chi connectivity index (χ1v) is 13.3. The van der Waals surface area contributed by atoms with E-state index < -0.39 is 47.9 Å². The van der Waals surface area contributed by atoms with Crippen LogP contribution in [0.5, 0.6) is 11.5 Å². The average molecular weight is 557 g/mol. The lowest BCUT2D eigenvalue weighted by Gasteiger charge is -2.27. The highest BCUT2D eigenvalue weighted by Gasteiger charge is 2.32. The van der Waals surface area contributed by atoms with Crippen LogP contribution in [0.15, 0.2) is 48.5 Å². The van der Waals surface area contributed by atoms with Gasteiger partial charge in [-0.3, -0.25) is 14.4 Å². The number of nitrogens with one attached hydrogen (secondary N) is 3. The summed E-state index contributed by atoms with van der Waals surface area (Å²) in [6, 6.07) is 7.79. The van der Waals surface area contributed by atoms with Crippen molar-refractivity contribution in [3.63, 3.8) is 0 Å². The molecule has 0 saturated carbocycles. The van der Waals surface area contributed by atoms with Crippen molar-refractivity contribution in [3.05, 3.63) is 59.7 Å². The predicted octanol–water partition coefficient (Wildman–Crippen LogP) is 1.45. The van der Waals surface area contributed by atoms with Gasteiger partial charge in [0.1, 0.15) is 29.6 Å². The SMILES string of the molecule is CCC(C)C(NC(=O)C(Cc1ccc(O)cc1)NC(=O)C(Cc1ccc(O)cc1)NC(=O)C(N)C(C)C)C(=O)O. The molecule has 0 radical (unpaired) electrons. The quantitative estimate of drug-likeness (QED) is 0.182. The van der Waals surface area contributed by atoms with E-state index in [1.807, 2.05) is 0 Å². The van der Waals surface area contributed by atoms with E-state index in [1.54, 1.807) is 52.0 Å². The molecule has 5 unspecified atom stereocenters. The van der Waals surface area contributed by atoms with E-state index in [0.29, 0.717) is 17.5 Å².